The number of nitrogens with one attached hydrogen (secondary N) is 1. The van der Waals surface area contributed by atoms with Gasteiger partial charge in [0.2, 0.25) is 5.91 Å². The summed E-state index contributed by atoms with van der Waals surface area (Å²) in [4.78, 5) is 10.9. The van der Waals surface area contributed by atoms with Crippen molar-refractivity contribution in [2.45, 2.75) is 19.3 Å². The van der Waals surface area contributed by atoms with E-state index in [2.05, 4.69) is 28.7 Å². The summed E-state index contributed by atoms with van der Waals surface area (Å²) in [6.45, 7) is 2.36. The Bertz CT molecular complexity index is 602. The molecule has 1 saturated carbocycles. The van der Waals surface area contributed by atoms with E-state index in [4.69, 9.17) is 0 Å². The first-order chi connectivity index (χ1) is 8.65. The van der Waals surface area contributed by atoms with Crippen molar-refractivity contribution in [3.05, 3.63) is 30.0 Å². The molecule has 0 bridgehead atoms. The molecule has 1 aliphatic rings. The van der Waals surface area contributed by atoms with E-state index in [1.54, 1.807) is 6.92 Å². The third-order valence-electron chi connectivity index (χ3n) is 3.63. The van der Waals surface area contributed by atoms with Gasteiger partial charge in [-0.2, -0.15) is 5.10 Å². The molecule has 1 aliphatic carbocycles. The van der Waals surface area contributed by atoms with Crippen LogP contribution in [0.4, 0.5) is 0 Å². The van der Waals surface area contributed by atoms with Crippen LogP contribution >= 0.6 is 0 Å². The highest BCUT2D eigenvalue weighted by Gasteiger charge is 2.39. The molecule has 2 atom stereocenters. The van der Waals surface area contributed by atoms with Gasteiger partial charge in [-0.05, 0) is 29.9 Å². The normalized spacial score (nSPS) is 22.1. The minimum absolute atomic E-state index is 0.0558. The molecular formula is C14H17N3O. The van der Waals surface area contributed by atoms with Crippen molar-refractivity contribution in [1.29, 1.82) is 0 Å². The Labute approximate surface area is 106 Å². The number of amides is 1. The van der Waals surface area contributed by atoms with Crippen LogP contribution in [0.3, 0.4) is 0 Å². The van der Waals surface area contributed by atoms with Gasteiger partial charge in [0, 0.05) is 32.1 Å². The third kappa shape index (κ3) is 1.98. The number of hydrogen-bond acceptors (Lipinski definition) is 2. The monoisotopic (exact) mass is 243 g/mol. The fourth-order valence-electron chi connectivity index (χ4n) is 2.64. The van der Waals surface area contributed by atoms with Gasteiger partial charge in [0.15, 0.2) is 0 Å². The van der Waals surface area contributed by atoms with Gasteiger partial charge in [-0.15, -0.1) is 0 Å². The summed E-state index contributed by atoms with van der Waals surface area (Å²) in [5.74, 6) is 1.21. The average molecular weight is 243 g/mol. The van der Waals surface area contributed by atoms with Crippen molar-refractivity contribution in [2.75, 3.05) is 6.54 Å². The number of rotatable bonds is 3. The zero-order valence-corrected chi connectivity index (χ0v) is 10.7. The number of fused-ring (bicyclic) bond motifs is 1. The van der Waals surface area contributed by atoms with Crippen LogP contribution in [0.15, 0.2) is 24.4 Å². The maximum absolute atomic E-state index is 10.9. The van der Waals surface area contributed by atoms with Crippen molar-refractivity contribution >= 4 is 16.8 Å². The highest BCUT2D eigenvalue weighted by molar-refractivity contribution is 5.82. The number of benzene rings is 1. The third-order valence-corrected chi connectivity index (χ3v) is 3.63. The molecule has 0 aliphatic heterocycles. The Morgan fingerprint density at radius 1 is 1.56 bits per heavy atom. The summed E-state index contributed by atoms with van der Waals surface area (Å²) >= 11 is 0. The number of carbonyl (C=O) groups excluding carboxylic acids is 1. The number of carbonyl (C=O) groups is 1. The topological polar surface area (TPSA) is 46.9 Å². The molecule has 3 rings (SSSR count). The van der Waals surface area contributed by atoms with E-state index in [1.165, 1.54) is 10.9 Å². The van der Waals surface area contributed by atoms with Crippen molar-refractivity contribution in [3.63, 3.8) is 0 Å². The van der Waals surface area contributed by atoms with E-state index in [0.29, 0.717) is 11.8 Å². The standard InChI is InChI=1S/C14H17N3O/c1-9(18)15-7-10-6-12(10)11-4-3-5-14-13(11)8-17(2)16-14/h3-5,8,10,12H,6-7H2,1-2H3,(H,15,18)/t10?,12-/m0/s1. The fraction of sp³-hybridized carbons (Fsp3) is 0.429. The van der Waals surface area contributed by atoms with E-state index < -0.39 is 0 Å². The molecule has 4 nitrogen and oxygen atoms in total. The maximum atomic E-state index is 10.9. The molecule has 1 aromatic carbocycles. The predicted octanol–water partition coefficient (Wildman–Crippen LogP) is 1.81. The molecule has 0 radical (unpaired) electrons. The van der Waals surface area contributed by atoms with Gasteiger partial charge in [-0.1, -0.05) is 12.1 Å². The number of nitrogens with zero attached hydrogens (tertiary/aromatic N) is 2. The first-order valence-electron chi connectivity index (χ1n) is 6.32. The minimum atomic E-state index is 0.0558. The molecule has 1 amide bonds. The van der Waals surface area contributed by atoms with Gasteiger partial charge in [0.1, 0.15) is 0 Å². The molecular weight excluding hydrogens is 226 g/mol. The smallest absolute Gasteiger partial charge is 0.216 e. The lowest BCUT2D eigenvalue weighted by Gasteiger charge is -2.03. The highest BCUT2D eigenvalue weighted by Crippen LogP contribution is 2.48. The van der Waals surface area contributed by atoms with Crippen LogP contribution in [0.5, 0.6) is 0 Å². The summed E-state index contributed by atoms with van der Waals surface area (Å²) in [5.41, 5.74) is 2.43. The Hall–Kier alpha value is -1.84. The van der Waals surface area contributed by atoms with Crippen LogP contribution in [0.1, 0.15) is 24.8 Å². The molecule has 18 heavy (non-hydrogen) atoms. The van der Waals surface area contributed by atoms with E-state index in [1.807, 2.05) is 17.8 Å². The average Bonchev–Trinajstić information content (AvgIpc) is 2.98. The van der Waals surface area contributed by atoms with Gasteiger partial charge >= 0.3 is 0 Å². The lowest BCUT2D eigenvalue weighted by molar-refractivity contribution is -0.119. The van der Waals surface area contributed by atoms with Crippen LogP contribution < -0.4 is 5.32 Å². The van der Waals surface area contributed by atoms with Crippen LogP contribution in [-0.2, 0) is 11.8 Å². The summed E-state index contributed by atoms with van der Waals surface area (Å²) in [5, 5.41) is 8.58. The quantitative estimate of drug-likeness (QED) is 0.893. The minimum Gasteiger partial charge on any atom is -0.356 e. The van der Waals surface area contributed by atoms with Crippen molar-refractivity contribution in [3.8, 4) is 0 Å². The molecule has 1 fully saturated rings. The number of hydrogen-bond donors (Lipinski definition) is 1. The van der Waals surface area contributed by atoms with Crippen molar-refractivity contribution in [2.24, 2.45) is 13.0 Å². The molecule has 2 aromatic rings. The van der Waals surface area contributed by atoms with Crippen LogP contribution in [-0.4, -0.2) is 22.2 Å². The van der Waals surface area contributed by atoms with Crippen molar-refractivity contribution < 1.29 is 4.79 Å². The molecule has 0 saturated heterocycles. The lowest BCUT2D eigenvalue weighted by atomic mass is 10.0. The second-order valence-corrected chi connectivity index (χ2v) is 5.12. The summed E-state index contributed by atoms with van der Waals surface area (Å²) in [6, 6.07) is 6.30. The zero-order valence-electron chi connectivity index (χ0n) is 10.7. The van der Waals surface area contributed by atoms with Crippen LogP contribution in [0.2, 0.25) is 0 Å². The first kappa shape index (κ1) is 11.3. The Morgan fingerprint density at radius 3 is 3.17 bits per heavy atom. The predicted molar refractivity (Wildman–Crippen MR) is 70.2 cm³/mol. The maximum Gasteiger partial charge on any atom is 0.216 e. The second kappa shape index (κ2) is 4.12. The highest BCUT2D eigenvalue weighted by atomic mass is 16.1. The van der Waals surface area contributed by atoms with E-state index in [-0.39, 0.29) is 5.91 Å². The molecule has 1 N–H and O–H groups in total. The number of aromatic nitrogens is 2. The van der Waals surface area contributed by atoms with E-state index in [0.717, 1.165) is 18.5 Å². The molecule has 4 heteroatoms. The van der Waals surface area contributed by atoms with Crippen LogP contribution in [0, 0.1) is 5.92 Å². The largest absolute Gasteiger partial charge is 0.356 e. The molecule has 1 unspecified atom stereocenters. The summed E-state index contributed by atoms with van der Waals surface area (Å²) in [7, 11) is 1.95. The first-order valence-corrected chi connectivity index (χ1v) is 6.32. The molecule has 94 valence electrons. The van der Waals surface area contributed by atoms with Gasteiger partial charge in [0.25, 0.3) is 0 Å². The Kier molecular flexibility index (Phi) is 2.58. The zero-order chi connectivity index (χ0) is 12.7. The van der Waals surface area contributed by atoms with Gasteiger partial charge < -0.3 is 5.32 Å². The van der Waals surface area contributed by atoms with E-state index >= 15 is 0 Å². The fourth-order valence-corrected chi connectivity index (χ4v) is 2.64. The van der Waals surface area contributed by atoms with E-state index in [9.17, 15) is 4.79 Å². The Morgan fingerprint density at radius 2 is 2.39 bits per heavy atom. The number of aryl methyl sites for hydroxylation is 1. The van der Waals surface area contributed by atoms with Gasteiger partial charge in [-0.25, -0.2) is 0 Å². The lowest BCUT2D eigenvalue weighted by Crippen LogP contribution is -2.22. The van der Waals surface area contributed by atoms with Gasteiger partial charge in [0.05, 0.1) is 5.52 Å². The summed E-state index contributed by atoms with van der Waals surface area (Å²) < 4.78 is 1.86. The summed E-state index contributed by atoms with van der Waals surface area (Å²) in [6.07, 6.45) is 3.24. The molecule has 1 aromatic heterocycles. The second-order valence-electron chi connectivity index (χ2n) is 5.12. The molecule has 1 heterocycles. The van der Waals surface area contributed by atoms with Crippen molar-refractivity contribution in [1.82, 2.24) is 15.1 Å². The van der Waals surface area contributed by atoms with Gasteiger partial charge in [-0.3, -0.25) is 9.48 Å². The van der Waals surface area contributed by atoms with Crippen LogP contribution in [0.25, 0.3) is 10.9 Å². The SMILES string of the molecule is CC(=O)NCC1C[C@@H]1c1cccc2nn(C)cc12. The molecule has 0 spiro atoms. The Balaban J connectivity index is 1.81.